The third-order valence-corrected chi connectivity index (χ3v) is 3.35. The molecule has 0 atom stereocenters. The Labute approximate surface area is 105 Å². The van der Waals surface area contributed by atoms with Crippen molar-refractivity contribution in [2.75, 3.05) is 12.8 Å². The van der Waals surface area contributed by atoms with E-state index >= 15 is 0 Å². The predicted molar refractivity (Wildman–Crippen MR) is 63.5 cm³/mol. The highest BCUT2D eigenvalue weighted by atomic mass is 32.1. The van der Waals surface area contributed by atoms with Crippen molar-refractivity contribution >= 4 is 17.0 Å². The molecule has 0 bridgehead atoms. The number of anilines is 1. The van der Waals surface area contributed by atoms with Gasteiger partial charge in [-0.15, -0.1) is 11.3 Å². The van der Waals surface area contributed by atoms with Crippen LogP contribution in [-0.4, -0.2) is 12.1 Å². The quantitative estimate of drug-likeness (QED) is 0.854. The Morgan fingerprint density at radius 2 is 2.06 bits per heavy atom. The average Bonchev–Trinajstić information content (AvgIpc) is 2.77. The fourth-order valence-corrected chi connectivity index (χ4v) is 2.21. The second kappa shape index (κ2) is 4.49. The first-order valence-corrected chi connectivity index (χ1v) is 5.70. The van der Waals surface area contributed by atoms with Gasteiger partial charge in [-0.05, 0) is 23.8 Å². The van der Waals surface area contributed by atoms with Crippen LogP contribution in [0.15, 0.2) is 24.4 Å². The van der Waals surface area contributed by atoms with Gasteiger partial charge >= 0.3 is 6.18 Å². The molecule has 0 fully saturated rings. The fourth-order valence-electron chi connectivity index (χ4n) is 1.43. The van der Waals surface area contributed by atoms with Crippen LogP contribution in [0.3, 0.4) is 0 Å². The van der Waals surface area contributed by atoms with Gasteiger partial charge in [-0.2, -0.15) is 13.2 Å². The third kappa shape index (κ3) is 2.40. The molecule has 2 N–H and O–H groups in total. The maximum Gasteiger partial charge on any atom is 0.443 e. The molecular formula is C11H9F3N2OS. The largest absolute Gasteiger partial charge is 0.495 e. The first-order valence-electron chi connectivity index (χ1n) is 4.88. The van der Waals surface area contributed by atoms with Crippen molar-refractivity contribution in [1.82, 2.24) is 4.98 Å². The number of hydrogen-bond donors (Lipinski definition) is 1. The molecular weight excluding hydrogens is 265 g/mol. The molecule has 0 spiro atoms. The van der Waals surface area contributed by atoms with Crippen LogP contribution in [0.1, 0.15) is 5.01 Å². The van der Waals surface area contributed by atoms with Gasteiger partial charge in [-0.1, -0.05) is 0 Å². The van der Waals surface area contributed by atoms with Crippen LogP contribution in [0.5, 0.6) is 5.75 Å². The standard InChI is InChI=1S/C11H9F3N2OS/c1-17-8-3-2-6(4-7(8)15)9-5-16-10(18-9)11(12,13)14/h2-5H,15H2,1H3. The van der Waals surface area contributed by atoms with Crippen molar-refractivity contribution < 1.29 is 17.9 Å². The van der Waals surface area contributed by atoms with Gasteiger partial charge < -0.3 is 10.5 Å². The number of nitrogens with zero attached hydrogens (tertiary/aromatic N) is 1. The monoisotopic (exact) mass is 274 g/mol. The second-order valence-electron chi connectivity index (χ2n) is 3.48. The lowest BCUT2D eigenvalue weighted by Gasteiger charge is -2.05. The lowest BCUT2D eigenvalue weighted by molar-refractivity contribution is -0.137. The topological polar surface area (TPSA) is 48.1 Å². The molecule has 0 aliphatic rings. The molecule has 0 radical (unpaired) electrons. The van der Waals surface area contributed by atoms with E-state index in [0.29, 0.717) is 33.2 Å². The van der Waals surface area contributed by atoms with Crippen LogP contribution in [0.25, 0.3) is 10.4 Å². The predicted octanol–water partition coefficient (Wildman–Crippen LogP) is 3.42. The highest BCUT2D eigenvalue weighted by Gasteiger charge is 2.34. The number of hydrogen-bond acceptors (Lipinski definition) is 4. The van der Waals surface area contributed by atoms with E-state index < -0.39 is 11.2 Å². The molecule has 2 rings (SSSR count). The summed E-state index contributed by atoms with van der Waals surface area (Å²) in [6.45, 7) is 0. The Kier molecular flexibility index (Phi) is 3.16. The molecule has 0 saturated carbocycles. The number of rotatable bonds is 2. The van der Waals surface area contributed by atoms with Crippen molar-refractivity contribution in [1.29, 1.82) is 0 Å². The van der Waals surface area contributed by atoms with Crippen LogP contribution in [0.4, 0.5) is 18.9 Å². The van der Waals surface area contributed by atoms with Crippen LogP contribution in [0.2, 0.25) is 0 Å². The molecule has 0 unspecified atom stereocenters. The molecule has 7 heteroatoms. The summed E-state index contributed by atoms with van der Waals surface area (Å²) in [4.78, 5) is 3.77. The summed E-state index contributed by atoms with van der Waals surface area (Å²) in [5, 5.41) is -0.869. The Morgan fingerprint density at radius 1 is 1.33 bits per heavy atom. The van der Waals surface area contributed by atoms with E-state index in [-0.39, 0.29) is 0 Å². The summed E-state index contributed by atoms with van der Waals surface area (Å²) < 4.78 is 42.2. The van der Waals surface area contributed by atoms with Crippen LogP contribution in [-0.2, 0) is 6.18 Å². The maximum absolute atomic E-state index is 12.4. The Hall–Kier alpha value is -1.76. The van der Waals surface area contributed by atoms with Crippen molar-refractivity contribution in [3.05, 3.63) is 29.4 Å². The van der Waals surface area contributed by atoms with E-state index in [1.54, 1.807) is 18.2 Å². The van der Waals surface area contributed by atoms with E-state index in [0.717, 1.165) is 0 Å². The number of nitrogen functional groups attached to an aromatic ring is 1. The molecule has 1 aromatic heterocycles. The highest BCUT2D eigenvalue weighted by Crippen LogP contribution is 2.37. The Morgan fingerprint density at radius 3 is 2.56 bits per heavy atom. The first kappa shape index (κ1) is 12.7. The van der Waals surface area contributed by atoms with Gasteiger partial charge in [-0.3, -0.25) is 0 Å². The fraction of sp³-hybridized carbons (Fsp3) is 0.182. The summed E-state index contributed by atoms with van der Waals surface area (Å²) in [7, 11) is 1.47. The summed E-state index contributed by atoms with van der Waals surface area (Å²) >= 11 is 0.583. The second-order valence-corrected chi connectivity index (χ2v) is 4.51. The number of benzene rings is 1. The minimum Gasteiger partial charge on any atom is -0.495 e. The highest BCUT2D eigenvalue weighted by molar-refractivity contribution is 7.15. The Balaban J connectivity index is 2.38. The van der Waals surface area contributed by atoms with E-state index in [1.807, 2.05) is 0 Å². The summed E-state index contributed by atoms with van der Waals surface area (Å²) in [6, 6.07) is 4.81. The SMILES string of the molecule is COc1ccc(-c2cnc(C(F)(F)F)s2)cc1N. The zero-order valence-corrected chi connectivity index (χ0v) is 10.1. The number of nitrogens with two attached hydrogens (primary N) is 1. The molecule has 3 nitrogen and oxygen atoms in total. The van der Waals surface area contributed by atoms with Crippen molar-refractivity contribution in [3.63, 3.8) is 0 Å². The molecule has 0 amide bonds. The maximum atomic E-state index is 12.4. The molecule has 1 aromatic carbocycles. The van der Waals surface area contributed by atoms with E-state index in [9.17, 15) is 13.2 Å². The average molecular weight is 274 g/mol. The summed E-state index contributed by atoms with van der Waals surface area (Å²) in [5.41, 5.74) is 6.66. The summed E-state index contributed by atoms with van der Waals surface area (Å²) in [6.07, 6.45) is -3.23. The molecule has 18 heavy (non-hydrogen) atoms. The zero-order chi connectivity index (χ0) is 13.3. The van der Waals surface area contributed by atoms with Crippen molar-refractivity contribution in [2.24, 2.45) is 0 Å². The van der Waals surface area contributed by atoms with Gasteiger partial charge in [0.15, 0.2) is 5.01 Å². The zero-order valence-electron chi connectivity index (χ0n) is 9.28. The van der Waals surface area contributed by atoms with Crippen LogP contribution >= 0.6 is 11.3 Å². The van der Waals surface area contributed by atoms with Crippen LogP contribution < -0.4 is 10.5 Å². The molecule has 96 valence electrons. The van der Waals surface area contributed by atoms with Gasteiger partial charge in [0.2, 0.25) is 0 Å². The lowest BCUT2D eigenvalue weighted by Crippen LogP contribution is -2.02. The minimum atomic E-state index is -4.42. The number of ether oxygens (including phenoxy) is 1. The number of methoxy groups -OCH3 is 1. The van der Waals surface area contributed by atoms with Crippen molar-refractivity contribution in [3.8, 4) is 16.2 Å². The van der Waals surface area contributed by atoms with Gasteiger partial charge in [-0.25, -0.2) is 4.98 Å². The van der Waals surface area contributed by atoms with Crippen LogP contribution in [0, 0.1) is 0 Å². The van der Waals surface area contributed by atoms with Gasteiger partial charge in [0.1, 0.15) is 5.75 Å². The van der Waals surface area contributed by atoms with Gasteiger partial charge in [0, 0.05) is 6.20 Å². The minimum absolute atomic E-state index is 0.372. The normalized spacial score (nSPS) is 11.6. The van der Waals surface area contributed by atoms with Crippen molar-refractivity contribution in [2.45, 2.75) is 6.18 Å². The van der Waals surface area contributed by atoms with E-state index in [2.05, 4.69) is 4.98 Å². The van der Waals surface area contributed by atoms with E-state index in [1.165, 1.54) is 13.3 Å². The number of aromatic nitrogens is 1. The number of halogens is 3. The number of thiazole rings is 1. The first-order chi connectivity index (χ1) is 8.41. The number of alkyl halides is 3. The summed E-state index contributed by atoms with van der Waals surface area (Å²) in [5.74, 6) is 0.485. The molecule has 0 aliphatic carbocycles. The molecule has 0 aliphatic heterocycles. The van der Waals surface area contributed by atoms with Gasteiger partial charge in [0.25, 0.3) is 0 Å². The smallest absolute Gasteiger partial charge is 0.443 e. The lowest BCUT2D eigenvalue weighted by atomic mass is 10.1. The molecule has 1 heterocycles. The third-order valence-electron chi connectivity index (χ3n) is 2.26. The van der Waals surface area contributed by atoms with E-state index in [4.69, 9.17) is 10.5 Å². The van der Waals surface area contributed by atoms with Gasteiger partial charge in [0.05, 0.1) is 17.7 Å². The Bertz CT molecular complexity index is 566. The molecule has 0 saturated heterocycles. The molecule has 2 aromatic rings.